The Bertz CT molecular complexity index is 423. The molecule has 4 nitrogen and oxygen atoms in total. The maximum atomic E-state index is 12.9. The fraction of sp³-hybridized carbons (Fsp3) is 0.182. The molecule has 0 bridgehead atoms. The van der Waals surface area contributed by atoms with Gasteiger partial charge in [-0.25, -0.2) is 8.78 Å². The molecule has 1 aromatic carbocycles. The van der Waals surface area contributed by atoms with E-state index in [1.165, 1.54) is 6.26 Å². The average molecular weight is 243 g/mol. The van der Waals surface area contributed by atoms with Gasteiger partial charge in [-0.15, -0.1) is 0 Å². The molecule has 0 saturated heterocycles. The van der Waals surface area contributed by atoms with Crippen molar-refractivity contribution in [3.63, 3.8) is 0 Å². The van der Waals surface area contributed by atoms with E-state index in [-0.39, 0.29) is 5.69 Å². The summed E-state index contributed by atoms with van der Waals surface area (Å²) < 4.78 is 30.6. The zero-order valence-electron chi connectivity index (χ0n) is 9.04. The Morgan fingerprint density at radius 1 is 1.47 bits per heavy atom. The first-order valence-electron chi connectivity index (χ1n) is 4.81. The summed E-state index contributed by atoms with van der Waals surface area (Å²) >= 11 is 0. The van der Waals surface area contributed by atoms with Crippen molar-refractivity contribution in [1.82, 2.24) is 0 Å². The summed E-state index contributed by atoms with van der Waals surface area (Å²) in [4.78, 5) is 11.2. The van der Waals surface area contributed by atoms with Gasteiger partial charge in [0.05, 0.1) is 12.9 Å². The second-order valence-electron chi connectivity index (χ2n) is 3.04. The number of benzene rings is 1. The van der Waals surface area contributed by atoms with Crippen LogP contribution < -0.4 is 5.32 Å². The minimum absolute atomic E-state index is 0.0936. The lowest BCUT2D eigenvalue weighted by atomic mass is 10.2. The van der Waals surface area contributed by atoms with E-state index < -0.39 is 23.3 Å². The first kappa shape index (κ1) is 13.0. The summed E-state index contributed by atoms with van der Waals surface area (Å²) in [5, 5.41) is 11.1. The Labute approximate surface area is 96.5 Å². The molecule has 1 rings (SSSR count). The van der Waals surface area contributed by atoms with Crippen LogP contribution >= 0.6 is 0 Å². The zero-order valence-corrected chi connectivity index (χ0v) is 9.04. The van der Waals surface area contributed by atoms with E-state index in [1.807, 2.05) is 0 Å². The van der Waals surface area contributed by atoms with Gasteiger partial charge in [0.2, 0.25) is 0 Å². The first-order chi connectivity index (χ1) is 8.04. The number of rotatable bonds is 4. The van der Waals surface area contributed by atoms with Crippen LogP contribution in [0.5, 0.6) is 5.75 Å². The lowest BCUT2D eigenvalue weighted by Crippen LogP contribution is -2.08. The molecule has 0 aliphatic heterocycles. The molecule has 0 spiro atoms. The lowest BCUT2D eigenvalue weighted by molar-refractivity contribution is -0.112. The summed E-state index contributed by atoms with van der Waals surface area (Å²) in [5.41, 5.74) is -0.0936. The number of hydrogen-bond donors (Lipinski definition) is 2. The molecule has 1 aromatic rings. The van der Waals surface area contributed by atoms with Gasteiger partial charge in [0, 0.05) is 23.9 Å². The van der Waals surface area contributed by atoms with Crippen molar-refractivity contribution in [3.8, 4) is 5.75 Å². The molecule has 6 heteroatoms. The maximum absolute atomic E-state index is 12.9. The second-order valence-corrected chi connectivity index (χ2v) is 3.04. The third-order valence-electron chi connectivity index (χ3n) is 1.77. The van der Waals surface area contributed by atoms with Gasteiger partial charge in [0.15, 0.2) is 17.4 Å². The van der Waals surface area contributed by atoms with Gasteiger partial charge in [-0.1, -0.05) is 0 Å². The van der Waals surface area contributed by atoms with Crippen molar-refractivity contribution in [3.05, 3.63) is 36.1 Å². The number of amides is 1. The molecule has 0 aliphatic rings. The summed E-state index contributed by atoms with van der Waals surface area (Å²) in [6.45, 7) is 2.15. The van der Waals surface area contributed by atoms with Crippen molar-refractivity contribution >= 4 is 11.6 Å². The number of phenols is 1. The van der Waals surface area contributed by atoms with Gasteiger partial charge in [-0.05, 0) is 6.92 Å². The van der Waals surface area contributed by atoms with E-state index in [1.54, 1.807) is 6.92 Å². The summed E-state index contributed by atoms with van der Waals surface area (Å²) in [5.74, 6) is -3.96. The number of hydrogen-bond acceptors (Lipinski definition) is 3. The molecule has 17 heavy (non-hydrogen) atoms. The highest BCUT2D eigenvalue weighted by molar-refractivity contribution is 5.99. The molecule has 0 heterocycles. The van der Waals surface area contributed by atoms with E-state index in [4.69, 9.17) is 9.84 Å². The van der Waals surface area contributed by atoms with Crippen LogP contribution in [-0.4, -0.2) is 17.6 Å². The third kappa shape index (κ3) is 3.75. The zero-order chi connectivity index (χ0) is 12.8. The highest BCUT2D eigenvalue weighted by Crippen LogP contribution is 2.23. The smallest absolute Gasteiger partial charge is 0.251 e. The first-order valence-corrected chi connectivity index (χ1v) is 4.81. The van der Waals surface area contributed by atoms with E-state index in [0.717, 1.165) is 18.2 Å². The molecule has 0 aliphatic carbocycles. The monoisotopic (exact) mass is 243 g/mol. The fourth-order valence-corrected chi connectivity index (χ4v) is 1.03. The SMILES string of the molecule is CCO/C=C/C(=O)Nc1cc(F)c(O)c(F)c1. The summed E-state index contributed by atoms with van der Waals surface area (Å²) in [6.07, 6.45) is 2.24. The van der Waals surface area contributed by atoms with E-state index in [0.29, 0.717) is 6.61 Å². The Kier molecular flexibility index (Phi) is 4.45. The normalized spacial score (nSPS) is 10.5. The number of nitrogens with one attached hydrogen (secondary N) is 1. The van der Waals surface area contributed by atoms with Crippen LogP contribution in [0.1, 0.15) is 6.92 Å². The number of ether oxygens (including phenoxy) is 1. The standard InChI is InChI=1S/C11H11F2NO3/c1-2-17-4-3-10(15)14-7-5-8(12)11(16)9(13)6-7/h3-6,16H,2H2,1H3,(H,14,15)/b4-3+. The highest BCUT2D eigenvalue weighted by Gasteiger charge is 2.10. The van der Waals surface area contributed by atoms with E-state index in [9.17, 15) is 13.6 Å². The van der Waals surface area contributed by atoms with Crippen LogP contribution in [0.4, 0.5) is 14.5 Å². The van der Waals surface area contributed by atoms with Crippen LogP contribution in [-0.2, 0) is 9.53 Å². The quantitative estimate of drug-likeness (QED) is 0.484. The molecule has 2 N–H and O–H groups in total. The number of carbonyl (C=O) groups is 1. The van der Waals surface area contributed by atoms with Gasteiger partial charge in [0.1, 0.15) is 0 Å². The van der Waals surface area contributed by atoms with Crippen LogP contribution in [0.25, 0.3) is 0 Å². The molecule has 0 aromatic heterocycles. The van der Waals surface area contributed by atoms with Gasteiger partial charge in [-0.2, -0.15) is 0 Å². The molecule has 0 unspecified atom stereocenters. The number of anilines is 1. The molecule has 0 saturated carbocycles. The van der Waals surface area contributed by atoms with Crippen molar-refractivity contribution in [2.24, 2.45) is 0 Å². The molecular weight excluding hydrogens is 232 g/mol. The average Bonchev–Trinajstić information content (AvgIpc) is 2.26. The maximum Gasteiger partial charge on any atom is 0.251 e. The van der Waals surface area contributed by atoms with E-state index in [2.05, 4.69) is 5.32 Å². The summed E-state index contributed by atoms with van der Waals surface area (Å²) in [7, 11) is 0. The molecule has 0 fully saturated rings. The van der Waals surface area contributed by atoms with Crippen molar-refractivity contribution < 1.29 is 23.4 Å². The van der Waals surface area contributed by atoms with Crippen LogP contribution in [0.15, 0.2) is 24.5 Å². The van der Waals surface area contributed by atoms with Crippen LogP contribution in [0.3, 0.4) is 0 Å². The largest absolute Gasteiger partial charge is 0.503 e. The van der Waals surface area contributed by atoms with Gasteiger partial charge < -0.3 is 15.2 Å². The topological polar surface area (TPSA) is 58.6 Å². The van der Waals surface area contributed by atoms with Crippen LogP contribution in [0.2, 0.25) is 0 Å². The number of phenolic OH excluding ortho intramolecular Hbond substituents is 1. The molecule has 0 radical (unpaired) electrons. The van der Waals surface area contributed by atoms with Crippen molar-refractivity contribution in [2.75, 3.05) is 11.9 Å². The minimum atomic E-state index is -1.14. The Morgan fingerprint density at radius 2 is 2.06 bits per heavy atom. The molecule has 0 atom stereocenters. The van der Waals surface area contributed by atoms with Gasteiger partial charge >= 0.3 is 0 Å². The second kappa shape index (κ2) is 5.83. The molecule has 92 valence electrons. The molecule has 1 amide bonds. The fourth-order valence-electron chi connectivity index (χ4n) is 1.03. The summed E-state index contributed by atoms with van der Waals surface area (Å²) in [6, 6.07) is 1.62. The van der Waals surface area contributed by atoms with Gasteiger partial charge in [0.25, 0.3) is 5.91 Å². The Hall–Kier alpha value is -2.11. The van der Waals surface area contributed by atoms with Gasteiger partial charge in [-0.3, -0.25) is 4.79 Å². The van der Waals surface area contributed by atoms with Crippen molar-refractivity contribution in [2.45, 2.75) is 6.92 Å². The lowest BCUT2D eigenvalue weighted by Gasteiger charge is -2.04. The number of carbonyl (C=O) groups excluding carboxylic acids is 1. The predicted octanol–water partition coefficient (Wildman–Crippen LogP) is 2.16. The number of halogens is 2. The predicted molar refractivity (Wildman–Crippen MR) is 57.4 cm³/mol. The van der Waals surface area contributed by atoms with Crippen molar-refractivity contribution in [1.29, 1.82) is 0 Å². The number of aromatic hydroxyl groups is 1. The third-order valence-corrected chi connectivity index (χ3v) is 1.77. The Balaban J connectivity index is 2.72. The Morgan fingerprint density at radius 3 is 2.59 bits per heavy atom. The van der Waals surface area contributed by atoms with E-state index >= 15 is 0 Å². The highest BCUT2D eigenvalue weighted by atomic mass is 19.1. The minimum Gasteiger partial charge on any atom is -0.503 e. The van der Waals surface area contributed by atoms with Crippen LogP contribution in [0, 0.1) is 11.6 Å². The molecular formula is C11H11F2NO3.